The van der Waals surface area contributed by atoms with Crippen molar-refractivity contribution in [2.24, 2.45) is 5.73 Å². The van der Waals surface area contributed by atoms with Crippen molar-refractivity contribution >= 4 is 29.8 Å². The molecule has 0 bridgehead atoms. The standard InChI is InChI=1S/C38H56N4O7/c1-10-11-15-22-42(34(45)29(20-21-31(39)43)41-36(47)49-38(7,8)9)32(28-19-18-25(2)23-26(28)3)33(44)40-30(35(46)48-37(4,5)6)24-27-16-13-12-14-17-27/h12-14,16-19,23,29-30,32H,10-11,15,20-22,24H2,1-9H3,(H2,39,43)(H,40,44)(H,41,47). The van der Waals surface area contributed by atoms with Crippen LogP contribution in [-0.4, -0.2) is 64.5 Å². The van der Waals surface area contributed by atoms with Crippen LogP contribution in [0, 0.1) is 13.8 Å². The number of nitrogens with zero attached hydrogens (tertiary/aromatic N) is 1. The van der Waals surface area contributed by atoms with Crippen LogP contribution in [0.3, 0.4) is 0 Å². The topological polar surface area (TPSA) is 157 Å². The molecule has 3 unspecified atom stereocenters. The number of aryl methyl sites for hydroxylation is 2. The van der Waals surface area contributed by atoms with Gasteiger partial charge >= 0.3 is 12.1 Å². The second kappa shape index (κ2) is 18.4. The van der Waals surface area contributed by atoms with E-state index in [4.69, 9.17) is 15.2 Å². The van der Waals surface area contributed by atoms with Crippen LogP contribution in [0.25, 0.3) is 0 Å². The molecule has 2 aromatic carbocycles. The Morgan fingerprint density at radius 3 is 2.02 bits per heavy atom. The van der Waals surface area contributed by atoms with Crippen LogP contribution in [0.5, 0.6) is 0 Å². The summed E-state index contributed by atoms with van der Waals surface area (Å²) in [7, 11) is 0. The Balaban J connectivity index is 2.69. The molecule has 3 atom stereocenters. The second-order valence-electron chi connectivity index (χ2n) is 14.5. The molecule has 11 heteroatoms. The van der Waals surface area contributed by atoms with Gasteiger partial charge < -0.3 is 30.7 Å². The molecule has 0 saturated heterocycles. The fraction of sp³-hybridized carbons (Fsp3) is 0.553. The Labute approximate surface area is 291 Å². The van der Waals surface area contributed by atoms with Gasteiger partial charge in [0.25, 0.3) is 0 Å². The molecule has 0 radical (unpaired) electrons. The summed E-state index contributed by atoms with van der Waals surface area (Å²) in [5.74, 6) is -2.43. The van der Waals surface area contributed by atoms with Gasteiger partial charge in [0, 0.05) is 19.4 Å². The van der Waals surface area contributed by atoms with Gasteiger partial charge in [-0.2, -0.15) is 0 Å². The number of nitrogens with two attached hydrogens (primary N) is 1. The number of alkyl carbamates (subject to hydrolysis) is 1. The molecule has 0 aliphatic carbocycles. The highest BCUT2D eigenvalue weighted by Gasteiger charge is 2.39. The minimum Gasteiger partial charge on any atom is -0.458 e. The van der Waals surface area contributed by atoms with Gasteiger partial charge in [-0.1, -0.05) is 73.9 Å². The van der Waals surface area contributed by atoms with E-state index in [-0.39, 0.29) is 25.8 Å². The predicted molar refractivity (Wildman–Crippen MR) is 189 cm³/mol. The molecular formula is C38H56N4O7. The number of rotatable bonds is 16. The third-order valence-corrected chi connectivity index (χ3v) is 7.52. The predicted octanol–water partition coefficient (Wildman–Crippen LogP) is 5.59. The van der Waals surface area contributed by atoms with E-state index in [9.17, 15) is 24.0 Å². The number of benzene rings is 2. The molecule has 0 aliphatic heterocycles. The summed E-state index contributed by atoms with van der Waals surface area (Å²) in [5, 5.41) is 5.54. The van der Waals surface area contributed by atoms with E-state index >= 15 is 0 Å². The monoisotopic (exact) mass is 680 g/mol. The molecular weight excluding hydrogens is 624 g/mol. The molecule has 0 fully saturated rings. The highest BCUT2D eigenvalue weighted by molar-refractivity contribution is 5.94. The van der Waals surface area contributed by atoms with Crippen LogP contribution >= 0.6 is 0 Å². The maximum atomic E-state index is 14.6. The zero-order valence-corrected chi connectivity index (χ0v) is 30.7. The zero-order valence-electron chi connectivity index (χ0n) is 30.7. The molecule has 0 aromatic heterocycles. The first-order chi connectivity index (χ1) is 22.8. The Morgan fingerprint density at radius 1 is 0.837 bits per heavy atom. The number of carbonyl (C=O) groups excluding carboxylic acids is 5. The Bertz CT molecular complexity index is 1430. The van der Waals surface area contributed by atoms with E-state index in [0.29, 0.717) is 12.0 Å². The fourth-order valence-electron chi connectivity index (χ4n) is 5.34. The van der Waals surface area contributed by atoms with Crippen molar-refractivity contribution in [2.75, 3.05) is 6.54 Å². The zero-order chi connectivity index (χ0) is 36.9. The molecule has 49 heavy (non-hydrogen) atoms. The highest BCUT2D eigenvalue weighted by Crippen LogP contribution is 2.28. The van der Waals surface area contributed by atoms with E-state index in [1.54, 1.807) is 47.6 Å². The number of nitrogens with one attached hydrogen (secondary N) is 2. The van der Waals surface area contributed by atoms with Crippen molar-refractivity contribution in [1.82, 2.24) is 15.5 Å². The van der Waals surface area contributed by atoms with Gasteiger partial charge in [-0.25, -0.2) is 9.59 Å². The average Bonchev–Trinajstić information content (AvgIpc) is 2.97. The van der Waals surface area contributed by atoms with Gasteiger partial charge in [-0.05, 0) is 84.9 Å². The lowest BCUT2D eigenvalue weighted by Gasteiger charge is -2.36. The molecule has 270 valence electrons. The summed E-state index contributed by atoms with van der Waals surface area (Å²) in [6.07, 6.45) is 1.20. The Morgan fingerprint density at radius 2 is 1.47 bits per heavy atom. The number of carbonyl (C=O) groups is 5. The molecule has 0 aliphatic rings. The van der Waals surface area contributed by atoms with Gasteiger partial charge in [0.05, 0.1) is 0 Å². The number of esters is 1. The van der Waals surface area contributed by atoms with Crippen molar-refractivity contribution in [2.45, 2.75) is 130 Å². The lowest BCUT2D eigenvalue weighted by atomic mass is 9.95. The van der Waals surface area contributed by atoms with E-state index in [2.05, 4.69) is 10.6 Å². The summed E-state index contributed by atoms with van der Waals surface area (Å²) in [6, 6.07) is 11.4. The first-order valence-electron chi connectivity index (χ1n) is 17.0. The highest BCUT2D eigenvalue weighted by atomic mass is 16.6. The number of unbranched alkanes of at least 4 members (excludes halogenated alkanes) is 2. The quantitative estimate of drug-likeness (QED) is 0.154. The maximum Gasteiger partial charge on any atom is 0.408 e. The van der Waals surface area contributed by atoms with E-state index in [1.165, 1.54) is 4.90 Å². The summed E-state index contributed by atoms with van der Waals surface area (Å²) >= 11 is 0. The number of hydrogen-bond donors (Lipinski definition) is 3. The number of ether oxygens (including phenoxy) is 2. The van der Waals surface area contributed by atoms with Crippen molar-refractivity contribution in [3.63, 3.8) is 0 Å². The van der Waals surface area contributed by atoms with Crippen LogP contribution in [-0.2, 0) is 35.1 Å². The molecule has 0 spiro atoms. The summed E-state index contributed by atoms with van der Waals surface area (Å²) in [4.78, 5) is 69.0. The first kappa shape index (κ1) is 40.8. The lowest BCUT2D eigenvalue weighted by Crippen LogP contribution is -2.55. The molecule has 2 rings (SSSR count). The van der Waals surface area contributed by atoms with E-state index in [0.717, 1.165) is 29.5 Å². The third-order valence-electron chi connectivity index (χ3n) is 7.52. The summed E-state index contributed by atoms with van der Waals surface area (Å²) in [6.45, 7) is 16.3. The number of hydrogen-bond acceptors (Lipinski definition) is 7. The SMILES string of the molecule is CCCCCN(C(=O)C(CCC(N)=O)NC(=O)OC(C)(C)C)C(C(=O)NC(Cc1ccccc1)C(=O)OC(C)(C)C)c1ccc(C)cc1C. The van der Waals surface area contributed by atoms with Crippen molar-refractivity contribution in [1.29, 1.82) is 0 Å². The molecule has 0 heterocycles. The van der Waals surface area contributed by atoms with Crippen LogP contribution in [0.2, 0.25) is 0 Å². The normalized spacial score (nSPS) is 13.4. The maximum absolute atomic E-state index is 14.6. The number of primary amides is 1. The van der Waals surface area contributed by atoms with Crippen LogP contribution in [0.4, 0.5) is 4.79 Å². The minimum absolute atomic E-state index is 0.104. The molecule has 11 nitrogen and oxygen atoms in total. The van der Waals surface area contributed by atoms with Gasteiger partial charge in [0.1, 0.15) is 29.3 Å². The van der Waals surface area contributed by atoms with Crippen LogP contribution in [0.15, 0.2) is 48.5 Å². The van der Waals surface area contributed by atoms with Crippen LogP contribution < -0.4 is 16.4 Å². The second-order valence-corrected chi connectivity index (χ2v) is 14.5. The van der Waals surface area contributed by atoms with Gasteiger partial charge in [-0.15, -0.1) is 0 Å². The Hall–Kier alpha value is -4.41. The van der Waals surface area contributed by atoms with Crippen molar-refractivity contribution in [3.8, 4) is 0 Å². The van der Waals surface area contributed by atoms with Crippen molar-refractivity contribution < 1.29 is 33.4 Å². The average molecular weight is 681 g/mol. The number of amides is 4. The smallest absolute Gasteiger partial charge is 0.408 e. The molecule has 4 N–H and O–H groups in total. The Kier molecular flexibility index (Phi) is 15.3. The van der Waals surface area contributed by atoms with E-state index < -0.39 is 59.1 Å². The fourth-order valence-corrected chi connectivity index (χ4v) is 5.34. The van der Waals surface area contributed by atoms with Gasteiger partial charge in [0.15, 0.2) is 0 Å². The lowest BCUT2D eigenvalue weighted by molar-refractivity contribution is -0.159. The van der Waals surface area contributed by atoms with Crippen molar-refractivity contribution in [3.05, 3.63) is 70.8 Å². The molecule has 4 amide bonds. The van der Waals surface area contributed by atoms with E-state index in [1.807, 2.05) is 63.2 Å². The first-order valence-corrected chi connectivity index (χ1v) is 17.0. The largest absolute Gasteiger partial charge is 0.458 e. The minimum atomic E-state index is -1.23. The summed E-state index contributed by atoms with van der Waals surface area (Å²) in [5.41, 5.74) is 6.89. The molecule has 0 saturated carbocycles. The van der Waals surface area contributed by atoms with Gasteiger partial charge in [-0.3, -0.25) is 14.4 Å². The van der Waals surface area contributed by atoms with Gasteiger partial charge in [0.2, 0.25) is 17.7 Å². The molecule has 2 aromatic rings. The third kappa shape index (κ3) is 14.3. The summed E-state index contributed by atoms with van der Waals surface area (Å²) < 4.78 is 11.2. The van der Waals surface area contributed by atoms with Crippen LogP contribution in [0.1, 0.15) is 109 Å².